The zero-order valence-corrected chi connectivity index (χ0v) is 40.7. The van der Waals surface area contributed by atoms with E-state index in [0.29, 0.717) is 58.4 Å². The number of carbonyl (C=O) groups excluding carboxylic acids is 4. The zero-order chi connectivity index (χ0) is 49.5. The summed E-state index contributed by atoms with van der Waals surface area (Å²) in [5, 5.41) is 25.7. The molecule has 22 heteroatoms. The average Bonchev–Trinajstić information content (AvgIpc) is 3.35. The summed E-state index contributed by atoms with van der Waals surface area (Å²) in [5.74, 6) is 1.45. The molecule has 0 saturated heterocycles. The summed E-state index contributed by atoms with van der Waals surface area (Å²) in [6.45, 7) is 6.18. The third-order valence-corrected chi connectivity index (χ3v) is 9.44. The molecule has 21 nitrogen and oxygen atoms in total. The van der Waals surface area contributed by atoms with Gasteiger partial charge in [0, 0.05) is 57.1 Å². The van der Waals surface area contributed by atoms with Crippen LogP contribution in [-0.2, 0) is 47.4 Å². The SMILES string of the molecule is O=C(NCCOCCOCCOC(=O)NCCNC[C@H](O)COc1cccc2ccccc12)OC/C=C/COC(=O)NCCOCCOCCOC(=O)NCCOCCOCCCCCCCCCl. The fraction of sp³-hybridized carbons (Fsp3) is 0.660. The van der Waals surface area contributed by atoms with E-state index in [9.17, 15) is 24.3 Å². The van der Waals surface area contributed by atoms with Crippen molar-refractivity contribution in [2.24, 2.45) is 0 Å². The van der Waals surface area contributed by atoms with Crippen LogP contribution in [-0.4, -0.2) is 193 Å². The van der Waals surface area contributed by atoms with Crippen LogP contribution in [0.4, 0.5) is 19.2 Å². The molecule has 0 heterocycles. The van der Waals surface area contributed by atoms with E-state index in [4.69, 9.17) is 63.7 Å². The monoisotopic (exact) mass is 1000 g/mol. The van der Waals surface area contributed by atoms with Crippen molar-refractivity contribution >= 4 is 46.7 Å². The Morgan fingerprint density at radius 1 is 0.493 bits per heavy atom. The Hall–Kier alpha value is -4.71. The Bertz CT molecular complexity index is 1630. The molecule has 2 aromatic carbocycles. The number of ether oxygens (including phenoxy) is 11. The molecule has 0 unspecified atom stereocenters. The smallest absolute Gasteiger partial charge is 0.407 e. The molecule has 0 saturated carbocycles. The standard InChI is InChI=1S/C47H76ClN5O16/c48-16-7-3-1-2-4-8-22-59-28-29-60-27-21-53-47(58)68-37-35-64-33-31-62-26-20-52-46(57)66-24-10-9-23-65-45(56)51-19-25-61-30-32-63-34-36-67-44(55)50-18-17-49-38-41(54)39-69-43-15-11-13-40-12-5-6-14-42(40)43/h5-6,9-15,41,49,54H,1-4,7-8,16-39H2,(H,50,55)(H,51,56)(H,52,57)(H,53,58)/b10-9+/t41-/m0/s1. The highest BCUT2D eigenvalue weighted by Gasteiger charge is 2.09. The second kappa shape index (κ2) is 44.5. The fourth-order valence-electron chi connectivity index (χ4n) is 5.71. The number of hydrogen-bond acceptors (Lipinski definition) is 17. The summed E-state index contributed by atoms with van der Waals surface area (Å²) in [6.07, 6.45) is 6.88. The first kappa shape index (κ1) is 60.4. The minimum atomic E-state index is -0.722. The number of carbonyl (C=O) groups is 4. The third-order valence-electron chi connectivity index (χ3n) is 9.18. The number of aliphatic hydroxyl groups excluding tert-OH is 1. The quantitative estimate of drug-likeness (QED) is 0.0234. The zero-order valence-electron chi connectivity index (χ0n) is 39.9. The average molecular weight is 1000 g/mol. The lowest BCUT2D eigenvalue weighted by Gasteiger charge is -2.15. The molecule has 69 heavy (non-hydrogen) atoms. The topological polar surface area (TPSA) is 250 Å². The lowest BCUT2D eigenvalue weighted by atomic mass is 10.1. The first-order valence-corrected chi connectivity index (χ1v) is 24.2. The first-order chi connectivity index (χ1) is 33.9. The molecular weight excluding hydrogens is 926 g/mol. The number of benzene rings is 2. The Kier molecular flexibility index (Phi) is 39.0. The second-order valence-corrected chi connectivity index (χ2v) is 15.2. The van der Waals surface area contributed by atoms with E-state index in [-0.39, 0.29) is 92.4 Å². The van der Waals surface area contributed by atoms with Crippen molar-refractivity contribution in [1.29, 1.82) is 0 Å². The van der Waals surface area contributed by atoms with Crippen molar-refractivity contribution in [2.45, 2.75) is 44.6 Å². The number of amides is 4. The Labute approximate surface area is 411 Å². The molecule has 4 amide bonds. The van der Waals surface area contributed by atoms with Crippen LogP contribution in [0.5, 0.6) is 5.75 Å². The normalized spacial score (nSPS) is 11.6. The van der Waals surface area contributed by atoms with Crippen LogP contribution < -0.4 is 31.3 Å². The largest absolute Gasteiger partial charge is 0.490 e. The number of alkyl carbamates (subject to hydrolysis) is 4. The van der Waals surface area contributed by atoms with Crippen LogP contribution in [0.15, 0.2) is 54.6 Å². The van der Waals surface area contributed by atoms with Crippen molar-refractivity contribution in [3.63, 3.8) is 0 Å². The molecule has 6 N–H and O–H groups in total. The number of aliphatic hydroxyl groups is 1. The Morgan fingerprint density at radius 3 is 1.51 bits per heavy atom. The molecule has 0 fully saturated rings. The van der Waals surface area contributed by atoms with Gasteiger partial charge in [0.05, 0.1) is 72.7 Å². The second-order valence-electron chi connectivity index (χ2n) is 14.8. The van der Waals surface area contributed by atoms with Gasteiger partial charge in [-0.1, -0.05) is 62.1 Å². The van der Waals surface area contributed by atoms with Gasteiger partial charge in [-0.2, -0.15) is 0 Å². The minimum Gasteiger partial charge on any atom is -0.490 e. The van der Waals surface area contributed by atoms with Crippen molar-refractivity contribution < 1.29 is 76.4 Å². The molecule has 0 aromatic heterocycles. The number of rotatable bonds is 44. The molecule has 1 atom stereocenters. The van der Waals surface area contributed by atoms with Crippen molar-refractivity contribution in [3.8, 4) is 5.75 Å². The highest BCUT2D eigenvalue weighted by atomic mass is 35.5. The highest BCUT2D eigenvalue weighted by molar-refractivity contribution is 6.17. The summed E-state index contributed by atoms with van der Waals surface area (Å²) in [6, 6.07) is 13.7. The van der Waals surface area contributed by atoms with E-state index in [2.05, 4.69) is 26.6 Å². The molecule has 2 aromatic rings. The maximum Gasteiger partial charge on any atom is 0.407 e. The van der Waals surface area contributed by atoms with Gasteiger partial charge in [-0.05, 0) is 36.4 Å². The van der Waals surface area contributed by atoms with Crippen molar-refractivity contribution in [2.75, 3.05) is 157 Å². The summed E-state index contributed by atoms with van der Waals surface area (Å²) in [4.78, 5) is 47.2. The van der Waals surface area contributed by atoms with Crippen molar-refractivity contribution in [3.05, 3.63) is 54.6 Å². The lowest BCUT2D eigenvalue weighted by Crippen LogP contribution is -2.37. The number of alkyl halides is 1. The van der Waals surface area contributed by atoms with Gasteiger partial charge < -0.3 is 83.8 Å². The molecule has 0 radical (unpaired) electrons. The highest BCUT2D eigenvalue weighted by Crippen LogP contribution is 2.25. The fourth-order valence-corrected chi connectivity index (χ4v) is 5.90. The molecule has 0 spiro atoms. The Balaban J connectivity index is 1.24. The Morgan fingerprint density at radius 2 is 0.942 bits per heavy atom. The van der Waals surface area contributed by atoms with Gasteiger partial charge >= 0.3 is 24.4 Å². The number of unbranched alkanes of at least 4 members (excludes halogenated alkanes) is 5. The predicted molar refractivity (Wildman–Crippen MR) is 258 cm³/mol. The lowest BCUT2D eigenvalue weighted by molar-refractivity contribution is 0.0276. The predicted octanol–water partition coefficient (Wildman–Crippen LogP) is 4.31. The van der Waals surface area contributed by atoms with Crippen LogP contribution in [0.1, 0.15) is 38.5 Å². The molecule has 392 valence electrons. The number of nitrogens with one attached hydrogen (secondary N) is 5. The van der Waals surface area contributed by atoms with E-state index < -0.39 is 30.5 Å². The molecule has 0 bridgehead atoms. The maximum atomic E-state index is 11.9. The van der Waals surface area contributed by atoms with Gasteiger partial charge in [-0.3, -0.25) is 0 Å². The molecule has 0 aliphatic carbocycles. The van der Waals surface area contributed by atoms with Crippen LogP contribution >= 0.6 is 11.6 Å². The molecule has 0 aliphatic rings. The van der Waals surface area contributed by atoms with Gasteiger partial charge in [0.1, 0.15) is 44.9 Å². The number of hydrogen-bond donors (Lipinski definition) is 6. The van der Waals surface area contributed by atoms with E-state index in [1.54, 1.807) is 0 Å². The van der Waals surface area contributed by atoms with Gasteiger partial charge in [-0.15, -0.1) is 11.6 Å². The van der Waals surface area contributed by atoms with Crippen LogP contribution in [0, 0.1) is 0 Å². The summed E-state index contributed by atoms with van der Waals surface area (Å²) in [7, 11) is 0. The minimum absolute atomic E-state index is 0.0168. The summed E-state index contributed by atoms with van der Waals surface area (Å²) < 4.78 is 58.4. The van der Waals surface area contributed by atoms with E-state index >= 15 is 0 Å². The number of fused-ring (bicyclic) bond motifs is 1. The van der Waals surface area contributed by atoms with Crippen LogP contribution in [0.25, 0.3) is 10.8 Å². The van der Waals surface area contributed by atoms with Crippen molar-refractivity contribution in [1.82, 2.24) is 26.6 Å². The van der Waals surface area contributed by atoms with E-state index in [0.717, 1.165) is 42.5 Å². The van der Waals surface area contributed by atoms with E-state index in [1.165, 1.54) is 31.4 Å². The van der Waals surface area contributed by atoms with Gasteiger partial charge in [-0.25, -0.2) is 19.2 Å². The van der Waals surface area contributed by atoms with Gasteiger partial charge in [0.15, 0.2) is 0 Å². The molecule has 2 rings (SSSR count). The maximum absolute atomic E-state index is 11.9. The molecular formula is C47H76ClN5O16. The van der Waals surface area contributed by atoms with Gasteiger partial charge in [0.2, 0.25) is 0 Å². The third kappa shape index (κ3) is 36.9. The van der Waals surface area contributed by atoms with Gasteiger partial charge in [0.25, 0.3) is 0 Å². The molecule has 0 aliphatic heterocycles. The van der Waals surface area contributed by atoms with E-state index in [1.807, 2.05) is 42.5 Å². The van der Waals surface area contributed by atoms with Crippen LogP contribution in [0.3, 0.4) is 0 Å². The first-order valence-electron chi connectivity index (χ1n) is 23.7. The number of halogens is 1. The van der Waals surface area contributed by atoms with Crippen LogP contribution in [0.2, 0.25) is 0 Å². The summed E-state index contributed by atoms with van der Waals surface area (Å²) >= 11 is 5.67. The summed E-state index contributed by atoms with van der Waals surface area (Å²) in [5.41, 5.74) is 0.